The molecule has 1 unspecified atom stereocenters. The van der Waals surface area contributed by atoms with Gasteiger partial charge in [0, 0.05) is 0 Å². The zero-order chi connectivity index (χ0) is 7.68. The van der Waals surface area contributed by atoms with Gasteiger partial charge in [-0.25, -0.2) is 0 Å². The second kappa shape index (κ2) is 2.34. The van der Waals surface area contributed by atoms with Crippen LogP contribution >= 0.6 is 0 Å². The molecule has 1 aromatic heterocycles. The van der Waals surface area contributed by atoms with Crippen molar-refractivity contribution < 1.29 is 4.84 Å². The number of rotatable bonds is 0. The smallest absolute Gasteiger partial charge is 0.193 e. The fourth-order valence-electron chi connectivity index (χ4n) is 0.950. The Labute approximate surface area is 63.6 Å². The molecule has 0 amide bonds. The van der Waals surface area contributed by atoms with Gasteiger partial charge in [0.1, 0.15) is 6.10 Å². The van der Waals surface area contributed by atoms with Crippen LogP contribution < -0.4 is 0 Å². The lowest BCUT2D eigenvalue weighted by Crippen LogP contribution is -2.14. The Morgan fingerprint density at radius 3 is 2.82 bits per heavy atom. The molecule has 5 heteroatoms. The van der Waals surface area contributed by atoms with Crippen molar-refractivity contribution in [3.8, 4) is 0 Å². The molecule has 0 fully saturated rings. The van der Waals surface area contributed by atoms with Crippen LogP contribution in [0.15, 0.2) is 17.5 Å². The van der Waals surface area contributed by atoms with Crippen molar-refractivity contribution in [2.45, 2.75) is 19.4 Å². The molecule has 0 aliphatic carbocycles. The van der Waals surface area contributed by atoms with Gasteiger partial charge in [0.15, 0.2) is 5.84 Å². The molecule has 0 bridgehead atoms. The number of oxime groups is 1. The SMILES string of the molecule is CC1CC(n2nccn2)=NO1. The third-order valence-corrected chi connectivity index (χ3v) is 1.46. The van der Waals surface area contributed by atoms with Crippen LogP contribution in [0.25, 0.3) is 0 Å². The largest absolute Gasteiger partial charge is 0.391 e. The third kappa shape index (κ3) is 1.09. The van der Waals surface area contributed by atoms with Gasteiger partial charge in [-0.3, -0.25) is 0 Å². The maximum atomic E-state index is 4.98. The van der Waals surface area contributed by atoms with E-state index in [0.717, 1.165) is 12.3 Å². The maximum Gasteiger partial charge on any atom is 0.193 e. The minimum absolute atomic E-state index is 0.149. The number of aromatic nitrogens is 3. The summed E-state index contributed by atoms with van der Waals surface area (Å²) in [7, 11) is 0. The Bertz CT molecular complexity index is 266. The van der Waals surface area contributed by atoms with Crippen LogP contribution in [0.3, 0.4) is 0 Å². The van der Waals surface area contributed by atoms with E-state index in [-0.39, 0.29) is 6.10 Å². The van der Waals surface area contributed by atoms with E-state index in [9.17, 15) is 0 Å². The van der Waals surface area contributed by atoms with Gasteiger partial charge in [-0.1, -0.05) is 5.16 Å². The van der Waals surface area contributed by atoms with E-state index in [2.05, 4.69) is 15.4 Å². The van der Waals surface area contributed by atoms with Crippen LogP contribution in [-0.2, 0) is 4.84 Å². The first-order valence-electron chi connectivity index (χ1n) is 3.45. The zero-order valence-electron chi connectivity index (χ0n) is 6.14. The van der Waals surface area contributed by atoms with Gasteiger partial charge in [-0.05, 0) is 6.92 Å². The molecule has 0 spiro atoms. The van der Waals surface area contributed by atoms with Crippen LogP contribution in [0.1, 0.15) is 13.3 Å². The van der Waals surface area contributed by atoms with Crippen molar-refractivity contribution in [2.75, 3.05) is 0 Å². The molecule has 0 radical (unpaired) electrons. The lowest BCUT2D eigenvalue weighted by Gasteiger charge is -1.95. The van der Waals surface area contributed by atoms with Gasteiger partial charge in [0.25, 0.3) is 0 Å². The Hall–Kier alpha value is -1.39. The molecule has 2 heterocycles. The molecule has 58 valence electrons. The van der Waals surface area contributed by atoms with Crippen molar-refractivity contribution in [1.82, 2.24) is 15.0 Å². The molecule has 1 aromatic rings. The predicted octanol–water partition coefficient (Wildman–Crippen LogP) is 0.248. The van der Waals surface area contributed by atoms with Gasteiger partial charge < -0.3 is 4.84 Å². The summed E-state index contributed by atoms with van der Waals surface area (Å²) >= 11 is 0. The number of hydrogen-bond donors (Lipinski definition) is 0. The Morgan fingerprint density at radius 2 is 2.27 bits per heavy atom. The number of nitrogens with zero attached hydrogens (tertiary/aromatic N) is 4. The van der Waals surface area contributed by atoms with Gasteiger partial charge in [0.2, 0.25) is 0 Å². The average Bonchev–Trinajstić information content (AvgIpc) is 2.55. The van der Waals surface area contributed by atoms with Crippen LogP contribution in [-0.4, -0.2) is 26.9 Å². The summed E-state index contributed by atoms with van der Waals surface area (Å²) in [6, 6.07) is 0. The molecule has 0 saturated carbocycles. The van der Waals surface area contributed by atoms with Crippen LogP contribution in [0, 0.1) is 0 Å². The molecule has 1 aliphatic heterocycles. The van der Waals surface area contributed by atoms with Crippen molar-refractivity contribution >= 4 is 5.84 Å². The zero-order valence-corrected chi connectivity index (χ0v) is 6.14. The second-order valence-corrected chi connectivity index (χ2v) is 2.45. The molecular weight excluding hydrogens is 144 g/mol. The van der Waals surface area contributed by atoms with E-state index >= 15 is 0 Å². The fraction of sp³-hybridized carbons (Fsp3) is 0.500. The Morgan fingerprint density at radius 1 is 1.55 bits per heavy atom. The van der Waals surface area contributed by atoms with E-state index in [1.54, 1.807) is 12.4 Å². The molecule has 5 nitrogen and oxygen atoms in total. The summed E-state index contributed by atoms with van der Waals surface area (Å²) < 4.78 is 0. The maximum absolute atomic E-state index is 4.98. The van der Waals surface area contributed by atoms with Crippen LogP contribution in [0.2, 0.25) is 0 Å². The van der Waals surface area contributed by atoms with Gasteiger partial charge in [0.05, 0.1) is 18.8 Å². The van der Waals surface area contributed by atoms with Crippen LogP contribution in [0.5, 0.6) is 0 Å². The normalized spacial score (nSPS) is 23.0. The Kier molecular flexibility index (Phi) is 1.34. The molecule has 1 atom stereocenters. The molecule has 0 N–H and O–H groups in total. The highest BCUT2D eigenvalue weighted by Crippen LogP contribution is 2.08. The summed E-state index contributed by atoms with van der Waals surface area (Å²) in [5.74, 6) is 0.766. The van der Waals surface area contributed by atoms with Crippen molar-refractivity contribution in [1.29, 1.82) is 0 Å². The number of hydrogen-bond acceptors (Lipinski definition) is 4. The standard InChI is InChI=1S/C6H8N4O/c1-5-4-6(9-11-5)10-7-2-3-8-10/h2-3,5H,4H2,1H3. The lowest BCUT2D eigenvalue weighted by atomic mass is 10.3. The first kappa shape index (κ1) is 6.33. The minimum atomic E-state index is 0.149. The van der Waals surface area contributed by atoms with E-state index in [1.807, 2.05) is 6.92 Å². The van der Waals surface area contributed by atoms with Gasteiger partial charge >= 0.3 is 0 Å². The summed E-state index contributed by atoms with van der Waals surface area (Å²) in [6.45, 7) is 1.96. The van der Waals surface area contributed by atoms with E-state index in [0.29, 0.717) is 0 Å². The molecular formula is C6H8N4O. The molecule has 11 heavy (non-hydrogen) atoms. The van der Waals surface area contributed by atoms with Gasteiger partial charge in [-0.15, -0.1) is 4.80 Å². The average molecular weight is 152 g/mol. The van der Waals surface area contributed by atoms with Gasteiger partial charge in [-0.2, -0.15) is 10.2 Å². The minimum Gasteiger partial charge on any atom is -0.391 e. The fourth-order valence-corrected chi connectivity index (χ4v) is 0.950. The van der Waals surface area contributed by atoms with E-state index < -0.39 is 0 Å². The first-order chi connectivity index (χ1) is 5.36. The quantitative estimate of drug-likeness (QED) is 0.535. The third-order valence-electron chi connectivity index (χ3n) is 1.46. The van der Waals surface area contributed by atoms with Crippen molar-refractivity contribution in [2.24, 2.45) is 5.16 Å². The molecule has 0 aromatic carbocycles. The molecule has 2 rings (SSSR count). The monoisotopic (exact) mass is 152 g/mol. The lowest BCUT2D eigenvalue weighted by molar-refractivity contribution is 0.0994. The predicted molar refractivity (Wildman–Crippen MR) is 38.0 cm³/mol. The van der Waals surface area contributed by atoms with Crippen molar-refractivity contribution in [3.63, 3.8) is 0 Å². The summed E-state index contributed by atoms with van der Waals surface area (Å²) in [6.07, 6.45) is 4.15. The second-order valence-electron chi connectivity index (χ2n) is 2.45. The highest BCUT2D eigenvalue weighted by Gasteiger charge is 2.18. The first-order valence-corrected chi connectivity index (χ1v) is 3.45. The van der Waals surface area contributed by atoms with E-state index in [1.165, 1.54) is 4.80 Å². The summed E-state index contributed by atoms with van der Waals surface area (Å²) in [4.78, 5) is 6.45. The molecule has 1 aliphatic rings. The van der Waals surface area contributed by atoms with E-state index in [4.69, 9.17) is 4.84 Å². The highest BCUT2D eigenvalue weighted by molar-refractivity contribution is 5.83. The molecule has 0 saturated heterocycles. The Balaban J connectivity index is 2.19. The topological polar surface area (TPSA) is 52.3 Å². The summed E-state index contributed by atoms with van der Waals surface area (Å²) in [5.41, 5.74) is 0. The van der Waals surface area contributed by atoms with Crippen molar-refractivity contribution in [3.05, 3.63) is 12.4 Å². The summed E-state index contributed by atoms with van der Waals surface area (Å²) in [5, 5.41) is 11.7. The van der Waals surface area contributed by atoms with Crippen LogP contribution in [0.4, 0.5) is 0 Å². The highest BCUT2D eigenvalue weighted by atomic mass is 16.6.